The molecule has 2 N–H and O–H groups in total. The Bertz CT molecular complexity index is 422. The van der Waals surface area contributed by atoms with Gasteiger partial charge in [0.15, 0.2) is 0 Å². The molecule has 0 aliphatic carbocycles. The monoisotopic (exact) mass is 219 g/mol. The predicted octanol–water partition coefficient (Wildman–Crippen LogP) is 1.79. The van der Waals surface area contributed by atoms with Crippen LogP contribution >= 0.6 is 0 Å². The summed E-state index contributed by atoms with van der Waals surface area (Å²) in [6.07, 6.45) is 0. The molecule has 0 radical (unpaired) electrons. The molecule has 16 heavy (non-hydrogen) atoms. The first-order valence-electron chi connectivity index (χ1n) is 5.00. The van der Waals surface area contributed by atoms with Gasteiger partial charge in [-0.3, -0.25) is 0 Å². The van der Waals surface area contributed by atoms with Gasteiger partial charge in [-0.25, -0.2) is 0 Å². The van der Waals surface area contributed by atoms with E-state index in [9.17, 15) is 0 Å². The van der Waals surface area contributed by atoms with Gasteiger partial charge in [0.2, 0.25) is 0 Å². The summed E-state index contributed by atoms with van der Waals surface area (Å²) in [5, 5.41) is 0. The van der Waals surface area contributed by atoms with Gasteiger partial charge in [-0.15, -0.1) is 0 Å². The Hall–Kier alpha value is -1.66. The summed E-state index contributed by atoms with van der Waals surface area (Å²) < 4.78 is 10.3. The molecule has 0 bridgehead atoms. The highest BCUT2D eigenvalue weighted by Gasteiger charge is 2.06. The summed E-state index contributed by atoms with van der Waals surface area (Å²) in [6.45, 7) is 3.71. The summed E-state index contributed by atoms with van der Waals surface area (Å²) in [7, 11) is 3.22. The molecule has 0 aliphatic heterocycles. The fourth-order valence-electron chi connectivity index (χ4n) is 1.13. The fourth-order valence-corrected chi connectivity index (χ4v) is 1.13. The van der Waals surface area contributed by atoms with E-state index in [1.54, 1.807) is 20.3 Å². The Balaban J connectivity index is 3.08. The van der Waals surface area contributed by atoms with Gasteiger partial charge in [-0.05, 0) is 26.0 Å². The van der Waals surface area contributed by atoms with Gasteiger partial charge in [-0.2, -0.15) is 0 Å². The fraction of sp³-hybridized carbons (Fsp3) is 0.385. The molecule has 0 fully saturated rings. The zero-order chi connectivity index (χ0) is 12.2. The third-order valence-corrected chi connectivity index (χ3v) is 1.93. The number of methoxy groups -OCH3 is 2. The Morgan fingerprint density at radius 3 is 2.38 bits per heavy atom. The molecule has 0 atom stereocenters. The summed E-state index contributed by atoms with van der Waals surface area (Å²) in [4.78, 5) is 0. The second-order valence-corrected chi connectivity index (χ2v) is 4.04. The second-order valence-electron chi connectivity index (χ2n) is 4.04. The molecule has 0 heterocycles. The van der Waals surface area contributed by atoms with Crippen molar-refractivity contribution >= 4 is 0 Å². The molecular formula is C13H17NO2. The van der Waals surface area contributed by atoms with Crippen molar-refractivity contribution in [2.24, 2.45) is 5.73 Å². The van der Waals surface area contributed by atoms with Crippen LogP contribution in [0.3, 0.4) is 0 Å². The normalized spacial score (nSPS) is 10.3. The Kier molecular flexibility index (Phi) is 3.81. The minimum atomic E-state index is -0.509. The summed E-state index contributed by atoms with van der Waals surface area (Å²) in [5.74, 6) is 7.39. The maximum Gasteiger partial charge on any atom is 0.138 e. The molecule has 0 spiro atoms. The Morgan fingerprint density at radius 1 is 1.19 bits per heavy atom. The topological polar surface area (TPSA) is 44.5 Å². The van der Waals surface area contributed by atoms with E-state index in [1.807, 2.05) is 26.0 Å². The summed E-state index contributed by atoms with van der Waals surface area (Å²) in [6, 6.07) is 5.50. The predicted molar refractivity (Wildman–Crippen MR) is 64.7 cm³/mol. The van der Waals surface area contributed by atoms with Crippen LogP contribution in [-0.4, -0.2) is 19.8 Å². The molecule has 3 nitrogen and oxygen atoms in total. The maximum atomic E-state index is 5.79. The lowest BCUT2D eigenvalue weighted by molar-refractivity contribution is 0.393. The molecule has 0 amide bonds. The quantitative estimate of drug-likeness (QED) is 0.771. The number of nitrogens with two attached hydrogens (primary N) is 1. The zero-order valence-corrected chi connectivity index (χ0v) is 10.1. The standard InChI is InChI=1S/C13H17NO2/c1-13(2,14)8-7-10-5-6-11(15-3)9-12(10)16-4/h5-6,9H,14H2,1-4H3. The van der Waals surface area contributed by atoms with Crippen LogP contribution in [0.5, 0.6) is 11.5 Å². The highest BCUT2D eigenvalue weighted by molar-refractivity contribution is 5.50. The van der Waals surface area contributed by atoms with Gasteiger partial charge in [0.05, 0.1) is 25.3 Å². The van der Waals surface area contributed by atoms with Crippen molar-refractivity contribution in [2.75, 3.05) is 14.2 Å². The van der Waals surface area contributed by atoms with Crippen molar-refractivity contribution in [3.8, 4) is 23.3 Å². The van der Waals surface area contributed by atoms with Crippen LogP contribution in [0.25, 0.3) is 0 Å². The van der Waals surface area contributed by atoms with E-state index in [-0.39, 0.29) is 0 Å². The molecule has 0 aromatic heterocycles. The van der Waals surface area contributed by atoms with Crippen LogP contribution in [-0.2, 0) is 0 Å². The first-order chi connectivity index (χ1) is 7.46. The average molecular weight is 219 g/mol. The van der Waals surface area contributed by atoms with Crippen molar-refractivity contribution in [3.63, 3.8) is 0 Å². The lowest BCUT2D eigenvalue weighted by Gasteiger charge is -2.09. The van der Waals surface area contributed by atoms with Crippen molar-refractivity contribution < 1.29 is 9.47 Å². The molecular weight excluding hydrogens is 202 g/mol. The van der Waals surface area contributed by atoms with Gasteiger partial charge in [-0.1, -0.05) is 11.8 Å². The Labute approximate surface area is 96.6 Å². The third-order valence-electron chi connectivity index (χ3n) is 1.93. The highest BCUT2D eigenvalue weighted by atomic mass is 16.5. The number of benzene rings is 1. The highest BCUT2D eigenvalue weighted by Crippen LogP contribution is 2.23. The van der Waals surface area contributed by atoms with Gasteiger partial charge < -0.3 is 15.2 Å². The zero-order valence-electron chi connectivity index (χ0n) is 10.1. The van der Waals surface area contributed by atoms with Gasteiger partial charge in [0.1, 0.15) is 11.5 Å². The molecule has 0 saturated carbocycles. The number of ether oxygens (including phenoxy) is 2. The second kappa shape index (κ2) is 4.91. The molecule has 1 aromatic rings. The van der Waals surface area contributed by atoms with Gasteiger partial charge >= 0.3 is 0 Å². The average Bonchev–Trinajstić information content (AvgIpc) is 2.25. The van der Waals surface area contributed by atoms with E-state index >= 15 is 0 Å². The van der Waals surface area contributed by atoms with E-state index in [0.717, 1.165) is 11.3 Å². The van der Waals surface area contributed by atoms with Crippen molar-refractivity contribution in [1.29, 1.82) is 0 Å². The van der Waals surface area contributed by atoms with Crippen molar-refractivity contribution in [3.05, 3.63) is 23.8 Å². The molecule has 0 saturated heterocycles. The largest absolute Gasteiger partial charge is 0.497 e. The number of rotatable bonds is 2. The van der Waals surface area contributed by atoms with Gasteiger partial charge in [0.25, 0.3) is 0 Å². The lowest BCUT2D eigenvalue weighted by Crippen LogP contribution is -2.29. The van der Waals surface area contributed by atoms with Crippen LogP contribution < -0.4 is 15.2 Å². The van der Waals surface area contributed by atoms with Crippen LogP contribution in [0.15, 0.2) is 18.2 Å². The van der Waals surface area contributed by atoms with E-state index in [4.69, 9.17) is 15.2 Å². The number of hydrogen-bond acceptors (Lipinski definition) is 3. The van der Waals surface area contributed by atoms with Crippen LogP contribution in [0.2, 0.25) is 0 Å². The minimum absolute atomic E-state index is 0.509. The molecule has 3 heteroatoms. The molecule has 0 unspecified atom stereocenters. The van der Waals surface area contributed by atoms with E-state index in [1.165, 1.54) is 0 Å². The van der Waals surface area contributed by atoms with Crippen LogP contribution in [0, 0.1) is 11.8 Å². The molecule has 0 aliphatic rings. The van der Waals surface area contributed by atoms with E-state index < -0.39 is 5.54 Å². The Morgan fingerprint density at radius 2 is 1.88 bits per heavy atom. The van der Waals surface area contributed by atoms with Crippen molar-refractivity contribution in [2.45, 2.75) is 19.4 Å². The van der Waals surface area contributed by atoms with Crippen LogP contribution in [0.1, 0.15) is 19.4 Å². The number of hydrogen-bond donors (Lipinski definition) is 1. The molecule has 1 rings (SSSR count). The van der Waals surface area contributed by atoms with Crippen molar-refractivity contribution in [1.82, 2.24) is 0 Å². The SMILES string of the molecule is COc1ccc(C#CC(C)(C)N)c(OC)c1. The smallest absolute Gasteiger partial charge is 0.138 e. The van der Waals surface area contributed by atoms with Gasteiger partial charge in [0, 0.05) is 6.07 Å². The molecule has 86 valence electrons. The lowest BCUT2D eigenvalue weighted by atomic mass is 10.1. The van der Waals surface area contributed by atoms with E-state index in [2.05, 4.69) is 11.8 Å². The van der Waals surface area contributed by atoms with Crippen LogP contribution in [0.4, 0.5) is 0 Å². The minimum Gasteiger partial charge on any atom is -0.497 e. The first-order valence-corrected chi connectivity index (χ1v) is 5.00. The summed E-state index contributed by atoms with van der Waals surface area (Å²) >= 11 is 0. The maximum absolute atomic E-state index is 5.79. The molecule has 1 aromatic carbocycles. The summed E-state index contributed by atoms with van der Waals surface area (Å²) in [5.41, 5.74) is 6.09. The van der Waals surface area contributed by atoms with E-state index in [0.29, 0.717) is 5.75 Å². The third kappa shape index (κ3) is 3.48. The first kappa shape index (κ1) is 12.4.